The van der Waals surface area contributed by atoms with Crippen LogP contribution in [0.15, 0.2) is 42.6 Å². The minimum Gasteiger partial charge on any atom is -0.437 e. The first-order valence-electron chi connectivity index (χ1n) is 6.42. The molecule has 0 saturated heterocycles. The lowest BCUT2D eigenvalue weighted by molar-refractivity contribution is 0.446. The van der Waals surface area contributed by atoms with Crippen LogP contribution in [0.5, 0.6) is 11.6 Å². The smallest absolute Gasteiger partial charge is 0.242 e. The van der Waals surface area contributed by atoms with Crippen LogP contribution < -0.4 is 10.1 Å². The Morgan fingerprint density at radius 2 is 1.95 bits per heavy atom. The molecule has 1 N–H and O–H groups in total. The Labute approximate surface area is 120 Å². The number of aromatic nitrogens is 2. The Bertz CT molecular complexity index is 765. The molecule has 0 saturated carbocycles. The number of rotatable bonds is 4. The second kappa shape index (κ2) is 5.49. The van der Waals surface area contributed by atoms with Gasteiger partial charge in [-0.25, -0.2) is 8.78 Å². The molecular formula is C15H13F2N3O. The molecule has 6 heteroatoms. The number of nitrogens with zero attached hydrogens (tertiary/aromatic N) is 2. The molecular weight excluding hydrogens is 276 g/mol. The van der Waals surface area contributed by atoms with Gasteiger partial charge in [-0.05, 0) is 19.2 Å². The van der Waals surface area contributed by atoms with Crippen LogP contribution in [0.1, 0.15) is 5.69 Å². The molecule has 0 aliphatic rings. The van der Waals surface area contributed by atoms with Gasteiger partial charge in [0.05, 0.1) is 0 Å². The van der Waals surface area contributed by atoms with Crippen LogP contribution in [-0.4, -0.2) is 16.4 Å². The number of halogens is 2. The van der Waals surface area contributed by atoms with Gasteiger partial charge < -0.3 is 10.1 Å². The highest BCUT2D eigenvalue weighted by Gasteiger charge is 2.14. The number of hydrogen-bond acceptors (Lipinski definition) is 3. The number of benzene rings is 1. The van der Waals surface area contributed by atoms with Crippen molar-refractivity contribution in [3.05, 3.63) is 59.9 Å². The summed E-state index contributed by atoms with van der Waals surface area (Å²) in [6.45, 7) is 0.512. The molecule has 0 spiro atoms. The fourth-order valence-corrected chi connectivity index (χ4v) is 2.13. The molecule has 0 radical (unpaired) electrons. The summed E-state index contributed by atoms with van der Waals surface area (Å²) in [5.41, 5.74) is 1.48. The largest absolute Gasteiger partial charge is 0.437 e. The monoisotopic (exact) mass is 289 g/mol. The molecule has 0 unspecified atom stereocenters. The zero-order valence-corrected chi connectivity index (χ0v) is 11.3. The maximum Gasteiger partial charge on any atom is 0.242 e. The molecule has 0 bridgehead atoms. The van der Waals surface area contributed by atoms with E-state index in [0.29, 0.717) is 18.1 Å². The van der Waals surface area contributed by atoms with Gasteiger partial charge in [-0.15, -0.1) is 0 Å². The summed E-state index contributed by atoms with van der Waals surface area (Å²) in [6, 6.07) is 8.60. The van der Waals surface area contributed by atoms with Crippen LogP contribution in [-0.2, 0) is 6.54 Å². The third-order valence-corrected chi connectivity index (χ3v) is 2.99. The van der Waals surface area contributed by atoms with Crippen LogP contribution in [0.2, 0.25) is 0 Å². The topological polar surface area (TPSA) is 38.6 Å². The maximum atomic E-state index is 13.2. The lowest BCUT2D eigenvalue weighted by Gasteiger charge is -2.06. The van der Waals surface area contributed by atoms with Crippen molar-refractivity contribution >= 4 is 5.65 Å². The molecule has 1 aromatic carbocycles. The van der Waals surface area contributed by atoms with Crippen molar-refractivity contribution < 1.29 is 13.5 Å². The molecule has 4 nitrogen and oxygen atoms in total. The SMILES string of the molecule is CNCc1c(Oc2cc(F)cc(F)c2)nc2ccccn12. The highest BCUT2D eigenvalue weighted by molar-refractivity contribution is 5.46. The summed E-state index contributed by atoms with van der Waals surface area (Å²) in [7, 11) is 1.80. The van der Waals surface area contributed by atoms with Crippen molar-refractivity contribution in [2.45, 2.75) is 6.54 Å². The number of fused-ring (bicyclic) bond motifs is 1. The zero-order chi connectivity index (χ0) is 14.8. The van der Waals surface area contributed by atoms with E-state index in [1.54, 1.807) is 7.05 Å². The van der Waals surface area contributed by atoms with Crippen molar-refractivity contribution in [3.63, 3.8) is 0 Å². The molecule has 3 aromatic rings. The molecule has 2 heterocycles. The minimum absolute atomic E-state index is 0.0771. The second-order valence-corrected chi connectivity index (χ2v) is 4.53. The zero-order valence-electron chi connectivity index (χ0n) is 11.3. The Kier molecular flexibility index (Phi) is 3.53. The van der Waals surface area contributed by atoms with Crippen molar-refractivity contribution in [2.75, 3.05) is 7.05 Å². The lowest BCUT2D eigenvalue weighted by Crippen LogP contribution is -2.08. The van der Waals surface area contributed by atoms with Crippen LogP contribution >= 0.6 is 0 Å². The highest BCUT2D eigenvalue weighted by atomic mass is 19.1. The molecule has 0 aliphatic heterocycles. The number of ether oxygens (including phenoxy) is 1. The summed E-state index contributed by atoms with van der Waals surface area (Å²) in [6.07, 6.45) is 1.86. The average Bonchev–Trinajstić information content (AvgIpc) is 2.76. The third kappa shape index (κ3) is 2.71. The number of pyridine rings is 1. The summed E-state index contributed by atoms with van der Waals surface area (Å²) in [5.74, 6) is -0.985. The van der Waals surface area contributed by atoms with E-state index in [1.165, 1.54) is 0 Å². The second-order valence-electron chi connectivity index (χ2n) is 4.53. The Morgan fingerprint density at radius 1 is 1.19 bits per heavy atom. The van der Waals surface area contributed by atoms with Crippen molar-refractivity contribution in [2.24, 2.45) is 0 Å². The summed E-state index contributed by atoms with van der Waals surface area (Å²) in [5, 5.41) is 3.02. The normalized spacial score (nSPS) is 11.0. The van der Waals surface area contributed by atoms with Gasteiger partial charge in [-0.2, -0.15) is 4.98 Å². The molecule has 0 atom stereocenters. The molecule has 3 rings (SSSR count). The summed E-state index contributed by atoms with van der Waals surface area (Å²) >= 11 is 0. The predicted octanol–water partition coefficient (Wildman–Crippen LogP) is 3.12. The van der Waals surface area contributed by atoms with Crippen molar-refractivity contribution in [1.82, 2.24) is 14.7 Å². The molecule has 0 amide bonds. The maximum absolute atomic E-state index is 13.2. The van der Waals surface area contributed by atoms with E-state index < -0.39 is 11.6 Å². The Hall–Kier alpha value is -2.47. The lowest BCUT2D eigenvalue weighted by atomic mass is 10.3. The van der Waals surface area contributed by atoms with Crippen LogP contribution in [0.25, 0.3) is 5.65 Å². The van der Waals surface area contributed by atoms with Crippen molar-refractivity contribution in [1.29, 1.82) is 0 Å². The summed E-state index contributed by atoms with van der Waals surface area (Å²) in [4.78, 5) is 4.34. The van der Waals surface area contributed by atoms with E-state index in [2.05, 4.69) is 10.3 Å². The van der Waals surface area contributed by atoms with Gasteiger partial charge in [0.2, 0.25) is 5.88 Å². The van der Waals surface area contributed by atoms with Gasteiger partial charge in [-0.3, -0.25) is 4.40 Å². The van der Waals surface area contributed by atoms with Gasteiger partial charge in [0.15, 0.2) is 0 Å². The van der Waals surface area contributed by atoms with Crippen LogP contribution in [0.4, 0.5) is 8.78 Å². The van der Waals surface area contributed by atoms with E-state index in [4.69, 9.17) is 4.74 Å². The van der Waals surface area contributed by atoms with Gasteiger partial charge in [0.25, 0.3) is 0 Å². The first-order chi connectivity index (χ1) is 10.2. The molecule has 21 heavy (non-hydrogen) atoms. The van der Waals surface area contributed by atoms with E-state index in [0.717, 1.165) is 23.9 Å². The Morgan fingerprint density at radius 3 is 2.67 bits per heavy atom. The fourth-order valence-electron chi connectivity index (χ4n) is 2.13. The molecule has 0 aliphatic carbocycles. The van der Waals surface area contributed by atoms with Gasteiger partial charge >= 0.3 is 0 Å². The number of hydrogen-bond donors (Lipinski definition) is 1. The molecule has 2 aromatic heterocycles. The van der Waals surface area contributed by atoms with E-state index >= 15 is 0 Å². The number of nitrogens with one attached hydrogen (secondary N) is 1. The predicted molar refractivity (Wildman–Crippen MR) is 74.4 cm³/mol. The highest BCUT2D eigenvalue weighted by Crippen LogP contribution is 2.27. The van der Waals surface area contributed by atoms with E-state index in [9.17, 15) is 8.78 Å². The van der Waals surface area contributed by atoms with Gasteiger partial charge in [0, 0.05) is 30.9 Å². The first-order valence-corrected chi connectivity index (χ1v) is 6.42. The van der Waals surface area contributed by atoms with Crippen LogP contribution in [0.3, 0.4) is 0 Å². The minimum atomic E-state index is -0.691. The fraction of sp³-hybridized carbons (Fsp3) is 0.133. The molecule has 108 valence electrons. The van der Waals surface area contributed by atoms with E-state index in [-0.39, 0.29) is 5.75 Å². The average molecular weight is 289 g/mol. The third-order valence-electron chi connectivity index (χ3n) is 2.99. The molecule has 0 fully saturated rings. The standard InChI is InChI=1S/C15H13F2N3O/c1-18-9-13-15(19-14-4-2-3-5-20(13)14)21-12-7-10(16)6-11(17)8-12/h2-8,18H,9H2,1H3. The number of imidazole rings is 1. The van der Waals surface area contributed by atoms with Crippen molar-refractivity contribution in [3.8, 4) is 11.6 Å². The van der Waals surface area contributed by atoms with Gasteiger partial charge in [-0.1, -0.05) is 6.07 Å². The van der Waals surface area contributed by atoms with E-state index in [1.807, 2.05) is 28.8 Å². The quantitative estimate of drug-likeness (QED) is 0.802. The Balaban J connectivity index is 2.04. The van der Waals surface area contributed by atoms with Crippen LogP contribution in [0, 0.1) is 11.6 Å². The first kappa shape index (κ1) is 13.5. The van der Waals surface area contributed by atoms with Gasteiger partial charge in [0.1, 0.15) is 28.7 Å². The summed E-state index contributed by atoms with van der Waals surface area (Å²) < 4.78 is 33.9.